The Morgan fingerprint density at radius 1 is 1.31 bits per heavy atom. The number of hydrogen-bond acceptors (Lipinski definition) is 3. The monoisotopic (exact) mass is 218 g/mol. The molecule has 0 saturated carbocycles. The van der Waals surface area contributed by atoms with Gasteiger partial charge >= 0.3 is 0 Å². The molecule has 0 spiro atoms. The summed E-state index contributed by atoms with van der Waals surface area (Å²) in [6.45, 7) is 5.17. The summed E-state index contributed by atoms with van der Waals surface area (Å²) in [6.07, 6.45) is 1.22. The third kappa shape index (κ3) is 1.93. The van der Waals surface area contributed by atoms with Crippen molar-refractivity contribution in [3.63, 3.8) is 0 Å². The van der Waals surface area contributed by atoms with E-state index in [1.807, 2.05) is 6.07 Å². The van der Waals surface area contributed by atoms with Crippen molar-refractivity contribution in [3.8, 4) is 0 Å². The van der Waals surface area contributed by atoms with Gasteiger partial charge in [0.2, 0.25) is 0 Å². The Hall–Kier alpha value is -1.06. The number of nitrogen functional groups attached to an aromatic ring is 1. The van der Waals surface area contributed by atoms with E-state index >= 15 is 0 Å². The van der Waals surface area contributed by atoms with Crippen molar-refractivity contribution >= 4 is 5.69 Å². The van der Waals surface area contributed by atoms with Gasteiger partial charge in [0, 0.05) is 31.9 Å². The Morgan fingerprint density at radius 3 is 3.00 bits per heavy atom. The molecule has 3 rings (SSSR count). The molecule has 86 valence electrons. The van der Waals surface area contributed by atoms with E-state index in [4.69, 9.17) is 10.5 Å². The second kappa shape index (κ2) is 4.07. The van der Waals surface area contributed by atoms with E-state index in [0.717, 1.165) is 44.5 Å². The van der Waals surface area contributed by atoms with Crippen LogP contribution in [0.5, 0.6) is 0 Å². The van der Waals surface area contributed by atoms with E-state index in [9.17, 15) is 0 Å². The molecule has 1 saturated heterocycles. The van der Waals surface area contributed by atoms with Crippen molar-refractivity contribution in [3.05, 3.63) is 29.3 Å². The molecule has 2 aliphatic heterocycles. The summed E-state index contributed by atoms with van der Waals surface area (Å²) in [5, 5.41) is 0. The molecule has 1 atom stereocenters. The van der Waals surface area contributed by atoms with Crippen LogP contribution in [-0.2, 0) is 17.8 Å². The molecule has 1 aromatic rings. The van der Waals surface area contributed by atoms with Crippen LogP contribution in [-0.4, -0.2) is 24.7 Å². The van der Waals surface area contributed by atoms with E-state index in [1.165, 1.54) is 17.5 Å². The Bertz CT molecular complexity index is 386. The lowest BCUT2D eigenvalue weighted by molar-refractivity contribution is 0.167. The third-order valence-corrected chi connectivity index (χ3v) is 3.56. The highest BCUT2D eigenvalue weighted by Crippen LogP contribution is 2.26. The van der Waals surface area contributed by atoms with E-state index in [0.29, 0.717) is 0 Å². The van der Waals surface area contributed by atoms with Gasteiger partial charge in [0.15, 0.2) is 0 Å². The molecule has 0 aliphatic carbocycles. The van der Waals surface area contributed by atoms with Crippen LogP contribution >= 0.6 is 0 Å². The van der Waals surface area contributed by atoms with Crippen molar-refractivity contribution in [2.75, 3.05) is 25.5 Å². The van der Waals surface area contributed by atoms with Crippen LogP contribution < -0.4 is 5.73 Å². The molecule has 0 amide bonds. The van der Waals surface area contributed by atoms with Gasteiger partial charge in [0.25, 0.3) is 0 Å². The van der Waals surface area contributed by atoms with Crippen molar-refractivity contribution in [2.45, 2.75) is 19.5 Å². The molecule has 0 radical (unpaired) electrons. The fourth-order valence-electron chi connectivity index (χ4n) is 2.71. The number of benzene rings is 1. The van der Waals surface area contributed by atoms with Gasteiger partial charge in [-0.1, -0.05) is 6.07 Å². The minimum atomic E-state index is 0.728. The molecule has 0 aromatic heterocycles. The maximum Gasteiger partial charge on any atom is 0.0507 e. The Balaban J connectivity index is 1.65. The zero-order chi connectivity index (χ0) is 11.0. The third-order valence-electron chi connectivity index (χ3n) is 3.56. The average Bonchev–Trinajstić information content (AvgIpc) is 2.86. The highest BCUT2D eigenvalue weighted by molar-refractivity contribution is 5.46. The molecule has 3 nitrogen and oxygen atoms in total. The van der Waals surface area contributed by atoms with Gasteiger partial charge in [-0.05, 0) is 35.6 Å². The molecule has 2 N–H and O–H groups in total. The lowest BCUT2D eigenvalue weighted by Crippen LogP contribution is -2.24. The van der Waals surface area contributed by atoms with Crippen LogP contribution in [0, 0.1) is 5.92 Å². The van der Waals surface area contributed by atoms with Gasteiger partial charge in [0.05, 0.1) is 6.61 Å². The van der Waals surface area contributed by atoms with Gasteiger partial charge in [-0.3, -0.25) is 4.90 Å². The first-order valence-corrected chi connectivity index (χ1v) is 5.98. The SMILES string of the molecule is Nc1ccc2c(c1)CN(CC1CCOC1)C2. The maximum atomic E-state index is 5.80. The van der Waals surface area contributed by atoms with Crippen molar-refractivity contribution in [1.29, 1.82) is 0 Å². The number of nitrogens with zero attached hydrogens (tertiary/aromatic N) is 1. The van der Waals surface area contributed by atoms with Gasteiger partial charge < -0.3 is 10.5 Å². The number of hydrogen-bond donors (Lipinski definition) is 1. The quantitative estimate of drug-likeness (QED) is 0.767. The second-order valence-electron chi connectivity index (χ2n) is 4.93. The summed E-state index contributed by atoms with van der Waals surface area (Å²) in [5.41, 5.74) is 9.52. The summed E-state index contributed by atoms with van der Waals surface area (Å²) >= 11 is 0. The minimum Gasteiger partial charge on any atom is -0.399 e. The molecular weight excluding hydrogens is 200 g/mol. The second-order valence-corrected chi connectivity index (χ2v) is 4.93. The molecule has 3 heteroatoms. The first-order chi connectivity index (χ1) is 7.81. The zero-order valence-corrected chi connectivity index (χ0v) is 9.48. The number of ether oxygens (including phenoxy) is 1. The van der Waals surface area contributed by atoms with Crippen LogP contribution in [0.25, 0.3) is 0 Å². The summed E-state index contributed by atoms with van der Waals surface area (Å²) in [4.78, 5) is 2.50. The summed E-state index contributed by atoms with van der Waals surface area (Å²) in [6, 6.07) is 6.28. The largest absolute Gasteiger partial charge is 0.399 e. The highest BCUT2D eigenvalue weighted by atomic mass is 16.5. The molecule has 0 bridgehead atoms. The van der Waals surface area contributed by atoms with Gasteiger partial charge in [-0.25, -0.2) is 0 Å². The average molecular weight is 218 g/mol. The van der Waals surface area contributed by atoms with Crippen molar-refractivity contribution in [2.24, 2.45) is 5.92 Å². The maximum absolute atomic E-state index is 5.80. The van der Waals surface area contributed by atoms with Crippen molar-refractivity contribution < 1.29 is 4.74 Å². The van der Waals surface area contributed by atoms with Crippen LogP contribution in [0.3, 0.4) is 0 Å². The fraction of sp³-hybridized carbons (Fsp3) is 0.538. The first-order valence-electron chi connectivity index (χ1n) is 5.98. The predicted molar refractivity (Wildman–Crippen MR) is 63.9 cm³/mol. The Labute approximate surface area is 96.2 Å². The van der Waals surface area contributed by atoms with Gasteiger partial charge in [0.1, 0.15) is 0 Å². The number of anilines is 1. The zero-order valence-electron chi connectivity index (χ0n) is 9.48. The molecule has 1 aromatic carbocycles. The lowest BCUT2D eigenvalue weighted by Gasteiger charge is -2.18. The summed E-state index contributed by atoms with van der Waals surface area (Å²) < 4.78 is 5.42. The van der Waals surface area contributed by atoms with Crippen LogP contribution in [0.1, 0.15) is 17.5 Å². The van der Waals surface area contributed by atoms with Gasteiger partial charge in [-0.2, -0.15) is 0 Å². The van der Waals surface area contributed by atoms with Gasteiger partial charge in [-0.15, -0.1) is 0 Å². The predicted octanol–water partition coefficient (Wildman–Crippen LogP) is 1.62. The van der Waals surface area contributed by atoms with Crippen LogP contribution in [0.15, 0.2) is 18.2 Å². The molecule has 1 fully saturated rings. The Kier molecular flexibility index (Phi) is 2.58. The number of rotatable bonds is 2. The highest BCUT2D eigenvalue weighted by Gasteiger charge is 2.24. The van der Waals surface area contributed by atoms with Crippen molar-refractivity contribution in [1.82, 2.24) is 4.90 Å². The summed E-state index contributed by atoms with van der Waals surface area (Å²) in [5.74, 6) is 0.728. The standard InChI is InChI=1S/C13H18N2O/c14-13-2-1-11-7-15(8-12(11)5-13)6-10-3-4-16-9-10/h1-2,5,10H,3-4,6-9,14H2. The lowest BCUT2D eigenvalue weighted by atomic mass is 10.1. The smallest absolute Gasteiger partial charge is 0.0507 e. The van der Waals surface area contributed by atoms with Crippen LogP contribution in [0.2, 0.25) is 0 Å². The van der Waals surface area contributed by atoms with E-state index in [2.05, 4.69) is 17.0 Å². The fourth-order valence-corrected chi connectivity index (χ4v) is 2.71. The minimum absolute atomic E-state index is 0.728. The number of nitrogens with two attached hydrogens (primary N) is 1. The molecule has 2 aliphatic rings. The molecular formula is C13H18N2O. The molecule has 16 heavy (non-hydrogen) atoms. The normalized spacial score (nSPS) is 24.9. The molecule has 1 unspecified atom stereocenters. The first kappa shape index (κ1) is 10.1. The Morgan fingerprint density at radius 2 is 2.19 bits per heavy atom. The summed E-state index contributed by atoms with van der Waals surface area (Å²) in [7, 11) is 0. The molecule has 2 heterocycles. The van der Waals surface area contributed by atoms with Crippen LogP contribution in [0.4, 0.5) is 5.69 Å². The van der Waals surface area contributed by atoms with E-state index < -0.39 is 0 Å². The number of fused-ring (bicyclic) bond motifs is 1. The van der Waals surface area contributed by atoms with E-state index in [1.54, 1.807) is 0 Å². The topological polar surface area (TPSA) is 38.5 Å². The van der Waals surface area contributed by atoms with E-state index in [-0.39, 0.29) is 0 Å².